The van der Waals surface area contributed by atoms with E-state index in [2.05, 4.69) is 139 Å². The molecule has 75 heavy (non-hydrogen) atoms. The third-order valence-corrected chi connectivity index (χ3v) is 16.2. The predicted octanol–water partition coefficient (Wildman–Crippen LogP) is 8.85. The molecule has 0 spiro atoms. The van der Waals surface area contributed by atoms with E-state index < -0.39 is 31.5 Å². The second-order valence-corrected chi connectivity index (χ2v) is 20.4. The van der Waals surface area contributed by atoms with Crippen LogP contribution in [-0.2, 0) is 35.9 Å². The van der Waals surface area contributed by atoms with E-state index >= 15 is 0 Å². The number of allylic oxidation sites excluding steroid dienone is 1. The molecule has 3 aliphatic rings. The van der Waals surface area contributed by atoms with Crippen LogP contribution in [0.25, 0.3) is 0 Å². The molecule has 3 aliphatic heterocycles. The Morgan fingerprint density at radius 3 is 1.64 bits per heavy atom. The van der Waals surface area contributed by atoms with E-state index in [1.54, 1.807) is 25.2 Å². The maximum absolute atomic E-state index is 13.7. The molecule has 3 heterocycles. The van der Waals surface area contributed by atoms with Crippen LogP contribution in [0.1, 0.15) is 29.2 Å². The van der Waals surface area contributed by atoms with E-state index in [9.17, 15) is 19.5 Å². The van der Waals surface area contributed by atoms with Crippen molar-refractivity contribution in [2.75, 3.05) is 39.9 Å². The lowest BCUT2D eigenvalue weighted by Crippen LogP contribution is -2.75. The highest BCUT2D eigenvalue weighted by Gasteiger charge is 2.57. The van der Waals surface area contributed by atoms with Crippen LogP contribution in [0.4, 0.5) is 0 Å². The first kappa shape index (κ1) is 53.8. The lowest BCUT2D eigenvalue weighted by Gasteiger charge is -2.53. The molecule has 2 amide bonds. The van der Waals surface area contributed by atoms with E-state index in [0.29, 0.717) is 18.0 Å². The van der Waals surface area contributed by atoms with Crippen molar-refractivity contribution >= 4 is 53.2 Å². The van der Waals surface area contributed by atoms with Crippen LogP contribution in [-0.4, -0.2) is 90.7 Å². The molecule has 0 bridgehead atoms. The zero-order valence-electron chi connectivity index (χ0n) is 42.2. The molecule has 13 heteroatoms. The number of likely N-dealkylation sites (tertiary alicyclic amines) is 1. The van der Waals surface area contributed by atoms with Gasteiger partial charge in [-0.05, 0) is 52.7 Å². The number of alkyl halides is 1. The third kappa shape index (κ3) is 11.7. The Hall–Kier alpha value is -7.53. The van der Waals surface area contributed by atoms with Crippen LogP contribution >= 0.6 is 19.5 Å². The van der Waals surface area contributed by atoms with Gasteiger partial charge in [0.25, 0.3) is 0 Å². The first-order valence-corrected chi connectivity index (χ1v) is 26.6. The highest BCUT2D eigenvalue weighted by atomic mass is 35.5. The zero-order valence-corrected chi connectivity index (χ0v) is 43.9. The summed E-state index contributed by atoms with van der Waals surface area (Å²) in [6.45, 7) is 6.08. The van der Waals surface area contributed by atoms with E-state index in [1.807, 2.05) is 73.7 Å². The quantitative estimate of drug-likeness (QED) is 0.0230. The summed E-state index contributed by atoms with van der Waals surface area (Å²) >= 11 is 6.06. The number of β-lactam (4-membered cyclic amide) rings is 2. The van der Waals surface area contributed by atoms with Crippen LogP contribution in [0.3, 0.4) is 0 Å². The second-order valence-electron chi connectivity index (χ2n) is 17.9. The minimum atomic E-state index is -0.837. The molecule has 4 atom stereocenters. The number of benzene rings is 7. The van der Waals surface area contributed by atoms with Gasteiger partial charge in [0.15, 0.2) is 5.70 Å². The number of carbonyl (C=O) groups is 3. The Morgan fingerprint density at radius 1 is 0.733 bits per heavy atom. The number of esters is 1. The number of nitrogens with zero attached hydrogens (tertiary/aromatic N) is 2. The summed E-state index contributed by atoms with van der Waals surface area (Å²) in [5, 5.41) is 17.2. The van der Waals surface area contributed by atoms with Crippen molar-refractivity contribution in [3.63, 3.8) is 0 Å². The summed E-state index contributed by atoms with van der Waals surface area (Å²) in [5.41, 5.74) is 3.08. The molecular weight excluding hydrogens is 981 g/mol. The van der Waals surface area contributed by atoms with Gasteiger partial charge in [0, 0.05) is 18.2 Å². The first-order chi connectivity index (χ1) is 36.7. The minimum Gasteiger partial charge on any atom is -0.497 e. The smallest absolute Gasteiger partial charge is 0.358 e. The van der Waals surface area contributed by atoms with Crippen LogP contribution in [0.5, 0.6) is 11.5 Å². The highest BCUT2D eigenvalue weighted by molar-refractivity contribution is 7.79. The number of hydrogen-bond acceptors (Lipinski definition) is 9. The van der Waals surface area contributed by atoms with Crippen molar-refractivity contribution in [1.29, 1.82) is 0 Å². The van der Waals surface area contributed by atoms with Gasteiger partial charge in [0.2, 0.25) is 11.8 Å². The molecule has 0 aliphatic carbocycles. The fourth-order valence-electron chi connectivity index (χ4n) is 9.68. The molecule has 2 saturated heterocycles. The number of ether oxygens (including phenoxy) is 4. The molecule has 0 saturated carbocycles. The van der Waals surface area contributed by atoms with Gasteiger partial charge in [0.1, 0.15) is 36.5 Å². The Morgan fingerprint density at radius 2 is 1.21 bits per heavy atom. The summed E-state index contributed by atoms with van der Waals surface area (Å²) in [6.07, 6.45) is 1.47. The molecule has 2 N–H and O–H groups in total. The summed E-state index contributed by atoms with van der Waals surface area (Å²) in [7, 11) is 2.73. The van der Waals surface area contributed by atoms with Crippen LogP contribution < -0.4 is 30.7 Å². The fraction of sp³-hybridized carbons (Fsp3) is 0.210. The normalized spacial score (nSPS) is 17.6. The van der Waals surface area contributed by atoms with Gasteiger partial charge in [-0.15, -0.1) is 11.6 Å². The van der Waals surface area contributed by atoms with Crippen molar-refractivity contribution in [3.05, 3.63) is 247 Å². The van der Waals surface area contributed by atoms with Crippen LogP contribution in [0.15, 0.2) is 224 Å². The first-order valence-electron chi connectivity index (χ1n) is 24.7. The molecule has 0 radical (unpaired) electrons. The Bertz CT molecular complexity index is 2840. The maximum atomic E-state index is 13.7. The number of aliphatic hydroxyl groups is 1. The van der Waals surface area contributed by atoms with Crippen molar-refractivity contribution in [1.82, 2.24) is 15.1 Å². The average Bonchev–Trinajstić information content (AvgIpc) is 3.48. The molecular formula is C62H61ClN3O8P. The summed E-state index contributed by atoms with van der Waals surface area (Å²) in [6, 6.07) is 66.8. The van der Waals surface area contributed by atoms with E-state index in [-0.39, 0.29) is 60.9 Å². The van der Waals surface area contributed by atoms with Gasteiger partial charge in [0.05, 0.1) is 50.2 Å². The number of fused-ring (bicyclic) bond motifs is 1. The van der Waals surface area contributed by atoms with Gasteiger partial charge in [-0.3, -0.25) is 19.8 Å². The molecule has 384 valence electrons. The number of halogens is 1. The number of carbonyl (C=O) groups excluding carboxylic acids is 3. The topological polar surface area (TPSA) is 127 Å². The van der Waals surface area contributed by atoms with E-state index in [4.69, 9.17) is 30.5 Å². The largest absolute Gasteiger partial charge is 0.497 e. The number of nitrogens with one attached hydrogen (secondary N) is 1. The molecule has 4 unspecified atom stereocenters. The standard InChI is InChI=1S/C30H27ClN2O4.C18H15P.C14H19NO4/c1-2-18-36-29(35)27-25(19-31)37-20-24-26(28(34)33(24)27)32-30(21-12-6-3-7-13-21,22-14-8-4-9-15-22)23-16-10-5-11-17-23;1-4-10-16(11-5-1)19(17-12-6-2-7-13-17)18-14-8-3-9-15-18;1-9-12(8-16)15(14(9)17)7-10-4-5-11(18-2)6-13(10)19-3/h2-17,24,26,32H,1,18-20H2;1-15H;4-6,9,12,16H,7-8H2,1-3H3. The molecule has 10 rings (SSSR count). The summed E-state index contributed by atoms with van der Waals surface area (Å²) in [5.74, 6) is 0.646. The summed E-state index contributed by atoms with van der Waals surface area (Å²) in [4.78, 5) is 41.5. The number of aliphatic hydroxyl groups excluding tert-OH is 1. The average molecular weight is 1040 g/mol. The van der Waals surface area contributed by atoms with Gasteiger partial charge in [-0.1, -0.05) is 202 Å². The molecule has 0 aromatic heterocycles. The Labute approximate surface area is 445 Å². The van der Waals surface area contributed by atoms with Crippen molar-refractivity contribution in [2.24, 2.45) is 5.92 Å². The molecule has 11 nitrogen and oxygen atoms in total. The highest BCUT2D eigenvalue weighted by Crippen LogP contribution is 2.42. The van der Waals surface area contributed by atoms with Crippen LogP contribution in [0, 0.1) is 5.92 Å². The molecule has 7 aromatic carbocycles. The van der Waals surface area contributed by atoms with Gasteiger partial charge >= 0.3 is 5.97 Å². The SMILES string of the molecule is C=CCOC(=O)C1=C(CCl)OCC2C(NC(c3ccccc3)(c3ccccc3)c3ccccc3)C(=O)N12.COc1ccc(CN2C(=O)C(C)C2CO)c(OC)c1.c1ccc(P(c2ccccc2)c2ccccc2)cc1. The number of amides is 2. The minimum absolute atomic E-state index is 0.00855. The second kappa shape index (κ2) is 25.6. The lowest BCUT2D eigenvalue weighted by atomic mass is 9.75. The Kier molecular flexibility index (Phi) is 18.4. The predicted molar refractivity (Wildman–Crippen MR) is 297 cm³/mol. The number of hydrogen-bond donors (Lipinski definition) is 2. The van der Waals surface area contributed by atoms with Gasteiger partial charge in [-0.2, -0.15) is 0 Å². The van der Waals surface area contributed by atoms with Crippen molar-refractivity contribution in [3.8, 4) is 11.5 Å². The number of rotatable bonds is 17. The van der Waals surface area contributed by atoms with Crippen LogP contribution in [0.2, 0.25) is 0 Å². The molecule has 2 fully saturated rings. The monoisotopic (exact) mass is 1040 g/mol. The van der Waals surface area contributed by atoms with Gasteiger partial charge in [-0.25, -0.2) is 4.79 Å². The third-order valence-electron chi connectivity index (χ3n) is 13.5. The van der Waals surface area contributed by atoms with Crippen molar-refractivity contribution < 1.29 is 38.4 Å². The lowest BCUT2D eigenvalue weighted by molar-refractivity contribution is -0.161. The van der Waals surface area contributed by atoms with Gasteiger partial charge < -0.3 is 29.0 Å². The van der Waals surface area contributed by atoms with Crippen molar-refractivity contribution in [2.45, 2.75) is 37.1 Å². The van der Waals surface area contributed by atoms with E-state index in [0.717, 1.165) is 22.3 Å². The number of methoxy groups -OCH3 is 2. The van der Waals surface area contributed by atoms with E-state index in [1.165, 1.54) is 26.9 Å². The zero-order chi connectivity index (χ0) is 52.7. The maximum Gasteiger partial charge on any atom is 0.358 e. The Balaban J connectivity index is 0.000000165. The molecule has 7 aromatic rings. The fourth-order valence-corrected chi connectivity index (χ4v) is 12.2. The summed E-state index contributed by atoms with van der Waals surface area (Å²) < 4.78 is 21.6.